The van der Waals surface area contributed by atoms with Crippen molar-refractivity contribution in [3.8, 4) is 0 Å². The molecule has 0 aromatic heterocycles. The lowest BCUT2D eigenvalue weighted by Crippen LogP contribution is -2.44. The Morgan fingerprint density at radius 1 is 1.39 bits per heavy atom. The molecule has 0 heterocycles. The van der Waals surface area contributed by atoms with Crippen molar-refractivity contribution in [2.45, 2.75) is 38.6 Å². The zero-order valence-corrected chi connectivity index (χ0v) is 10.8. The molecule has 0 aromatic rings. The van der Waals surface area contributed by atoms with Crippen molar-refractivity contribution in [1.29, 1.82) is 5.41 Å². The minimum atomic E-state index is -0.491. The molecular weight excluding hydrogens is 234 g/mol. The Labute approximate surface area is 107 Å². The Kier molecular flexibility index (Phi) is 8.55. The molecule has 18 heavy (non-hydrogen) atoms. The fourth-order valence-corrected chi connectivity index (χ4v) is 1.52. The summed E-state index contributed by atoms with van der Waals surface area (Å²) in [6, 6.07) is -0.491. The minimum absolute atomic E-state index is 0.0159. The van der Waals surface area contributed by atoms with Crippen molar-refractivity contribution in [2.75, 3.05) is 13.1 Å². The molecule has 0 radical (unpaired) electrons. The van der Waals surface area contributed by atoms with Gasteiger partial charge in [-0.2, -0.15) is 0 Å². The molecule has 0 aliphatic heterocycles. The molecule has 0 aromatic carbocycles. The minimum Gasteiger partial charge on any atom is -0.370 e. The summed E-state index contributed by atoms with van der Waals surface area (Å²) in [6.45, 7) is 2.29. The van der Waals surface area contributed by atoms with Crippen molar-refractivity contribution in [2.24, 2.45) is 11.5 Å². The van der Waals surface area contributed by atoms with Gasteiger partial charge in [0.25, 0.3) is 0 Å². The van der Waals surface area contributed by atoms with Crippen molar-refractivity contribution in [3.05, 3.63) is 0 Å². The fraction of sp³-hybridized carbons (Fsp3) is 0.727. The number of hydrogen-bond acceptors (Lipinski definition) is 4. The average Bonchev–Trinajstić information content (AvgIpc) is 2.32. The third kappa shape index (κ3) is 7.61. The van der Waals surface area contributed by atoms with Crippen LogP contribution in [-0.4, -0.2) is 36.8 Å². The topological polar surface area (TPSA) is 134 Å². The SMILES string of the molecule is CCCC(=O)[C@H](CCCNC(=N)N)NC(=O)CN. The van der Waals surface area contributed by atoms with E-state index in [0.29, 0.717) is 25.8 Å². The first kappa shape index (κ1) is 16.4. The van der Waals surface area contributed by atoms with Crippen LogP contribution in [0.5, 0.6) is 0 Å². The molecule has 0 unspecified atom stereocenters. The van der Waals surface area contributed by atoms with Gasteiger partial charge in [-0.3, -0.25) is 15.0 Å². The molecule has 0 saturated carbocycles. The van der Waals surface area contributed by atoms with Gasteiger partial charge in [-0.1, -0.05) is 6.92 Å². The van der Waals surface area contributed by atoms with E-state index in [2.05, 4.69) is 10.6 Å². The molecule has 104 valence electrons. The largest absolute Gasteiger partial charge is 0.370 e. The second kappa shape index (κ2) is 9.41. The first-order chi connectivity index (χ1) is 8.51. The second-order valence-electron chi connectivity index (χ2n) is 4.02. The lowest BCUT2D eigenvalue weighted by Gasteiger charge is -2.17. The average molecular weight is 257 g/mol. The maximum Gasteiger partial charge on any atom is 0.234 e. The maximum atomic E-state index is 11.8. The normalized spacial score (nSPS) is 11.7. The number of hydrogen-bond donors (Lipinski definition) is 5. The van der Waals surface area contributed by atoms with Gasteiger partial charge >= 0.3 is 0 Å². The van der Waals surface area contributed by atoms with Gasteiger partial charge in [-0.05, 0) is 19.3 Å². The zero-order chi connectivity index (χ0) is 14.0. The smallest absolute Gasteiger partial charge is 0.234 e. The van der Waals surface area contributed by atoms with Gasteiger partial charge in [0.15, 0.2) is 11.7 Å². The molecular formula is C11H23N5O2. The van der Waals surface area contributed by atoms with E-state index >= 15 is 0 Å². The van der Waals surface area contributed by atoms with Crippen LogP contribution in [0.2, 0.25) is 0 Å². The van der Waals surface area contributed by atoms with Gasteiger partial charge in [-0.25, -0.2) is 0 Å². The van der Waals surface area contributed by atoms with Crippen LogP contribution in [0.25, 0.3) is 0 Å². The second-order valence-corrected chi connectivity index (χ2v) is 4.02. The standard InChI is InChI=1S/C11H23N5O2/c1-2-4-9(17)8(16-10(18)7-12)5-3-6-15-11(13)14/h8H,2-7,12H2,1H3,(H,16,18)(H4,13,14,15)/t8-/m0/s1. The molecule has 0 aliphatic carbocycles. The summed E-state index contributed by atoms with van der Waals surface area (Å²) in [7, 11) is 0. The number of nitrogens with one attached hydrogen (secondary N) is 3. The molecule has 7 nitrogen and oxygen atoms in total. The van der Waals surface area contributed by atoms with Crippen LogP contribution in [-0.2, 0) is 9.59 Å². The lowest BCUT2D eigenvalue weighted by atomic mass is 10.0. The predicted molar refractivity (Wildman–Crippen MR) is 70.1 cm³/mol. The van der Waals surface area contributed by atoms with Crippen LogP contribution >= 0.6 is 0 Å². The van der Waals surface area contributed by atoms with Crippen LogP contribution in [0.1, 0.15) is 32.6 Å². The number of carbonyl (C=O) groups excluding carboxylic acids is 2. The molecule has 1 amide bonds. The molecule has 7 N–H and O–H groups in total. The molecule has 0 bridgehead atoms. The van der Waals surface area contributed by atoms with Crippen LogP contribution in [0.3, 0.4) is 0 Å². The summed E-state index contributed by atoms with van der Waals surface area (Å²) in [5, 5.41) is 12.3. The van der Waals surface area contributed by atoms with Crippen LogP contribution < -0.4 is 22.1 Å². The highest BCUT2D eigenvalue weighted by molar-refractivity contribution is 5.89. The Bertz CT molecular complexity index is 293. The molecule has 1 atom stereocenters. The third-order valence-corrected chi connectivity index (χ3v) is 2.39. The van der Waals surface area contributed by atoms with E-state index in [-0.39, 0.29) is 24.2 Å². The maximum absolute atomic E-state index is 11.8. The van der Waals surface area contributed by atoms with Gasteiger partial charge in [-0.15, -0.1) is 0 Å². The summed E-state index contributed by atoms with van der Waals surface area (Å²) in [4.78, 5) is 23.0. The fourth-order valence-electron chi connectivity index (χ4n) is 1.52. The Balaban J connectivity index is 4.16. The van der Waals surface area contributed by atoms with Crippen LogP contribution in [0, 0.1) is 5.41 Å². The van der Waals surface area contributed by atoms with E-state index in [9.17, 15) is 9.59 Å². The Morgan fingerprint density at radius 2 is 2.06 bits per heavy atom. The Morgan fingerprint density at radius 3 is 2.56 bits per heavy atom. The summed E-state index contributed by atoms with van der Waals surface area (Å²) < 4.78 is 0. The zero-order valence-electron chi connectivity index (χ0n) is 10.8. The monoisotopic (exact) mass is 257 g/mol. The van der Waals surface area contributed by atoms with E-state index in [4.69, 9.17) is 16.9 Å². The van der Waals surface area contributed by atoms with Crippen LogP contribution in [0.4, 0.5) is 0 Å². The van der Waals surface area contributed by atoms with E-state index < -0.39 is 6.04 Å². The summed E-state index contributed by atoms with van der Waals surface area (Å²) in [5.74, 6) is -0.413. The summed E-state index contributed by atoms with van der Waals surface area (Å²) in [5.41, 5.74) is 10.3. The predicted octanol–water partition coefficient (Wildman–Crippen LogP) is -0.938. The number of ketones is 1. The van der Waals surface area contributed by atoms with Crippen LogP contribution in [0.15, 0.2) is 0 Å². The highest BCUT2D eigenvalue weighted by Gasteiger charge is 2.18. The molecule has 0 rings (SSSR count). The number of rotatable bonds is 9. The van der Waals surface area contributed by atoms with Gasteiger partial charge in [0.2, 0.25) is 5.91 Å². The van der Waals surface area contributed by atoms with E-state index in [1.54, 1.807) is 0 Å². The van der Waals surface area contributed by atoms with Gasteiger partial charge in [0.1, 0.15) is 0 Å². The molecule has 0 aliphatic rings. The molecule has 0 spiro atoms. The van der Waals surface area contributed by atoms with E-state index in [1.807, 2.05) is 6.92 Å². The van der Waals surface area contributed by atoms with E-state index in [1.165, 1.54) is 0 Å². The van der Waals surface area contributed by atoms with Crippen molar-refractivity contribution >= 4 is 17.6 Å². The van der Waals surface area contributed by atoms with Gasteiger partial charge in [0, 0.05) is 13.0 Å². The van der Waals surface area contributed by atoms with Gasteiger partial charge in [0.05, 0.1) is 12.6 Å². The van der Waals surface area contributed by atoms with E-state index in [0.717, 1.165) is 6.42 Å². The Hall–Kier alpha value is -1.63. The highest BCUT2D eigenvalue weighted by Crippen LogP contribution is 2.03. The molecule has 0 saturated heterocycles. The summed E-state index contributed by atoms with van der Waals surface area (Å²) >= 11 is 0. The number of guanidine groups is 1. The van der Waals surface area contributed by atoms with Crippen molar-refractivity contribution in [1.82, 2.24) is 10.6 Å². The number of amides is 1. The number of carbonyl (C=O) groups is 2. The highest BCUT2D eigenvalue weighted by atomic mass is 16.2. The third-order valence-electron chi connectivity index (χ3n) is 2.39. The van der Waals surface area contributed by atoms with Gasteiger partial charge < -0.3 is 22.1 Å². The lowest BCUT2D eigenvalue weighted by molar-refractivity contribution is -0.127. The number of Topliss-reactive ketones (excluding diaryl/α,β-unsaturated/α-hetero) is 1. The van der Waals surface area contributed by atoms with Crippen molar-refractivity contribution < 1.29 is 9.59 Å². The molecule has 0 fully saturated rings. The van der Waals surface area contributed by atoms with Crippen molar-refractivity contribution in [3.63, 3.8) is 0 Å². The first-order valence-corrected chi connectivity index (χ1v) is 6.11. The summed E-state index contributed by atoms with van der Waals surface area (Å²) in [6.07, 6.45) is 2.35. The quantitative estimate of drug-likeness (QED) is 0.206. The first-order valence-electron chi connectivity index (χ1n) is 6.11. The molecule has 7 heteroatoms. The number of nitrogens with two attached hydrogens (primary N) is 2.